The maximum atomic E-state index is 13.8. The summed E-state index contributed by atoms with van der Waals surface area (Å²) in [4.78, 5) is 14.6. The van der Waals surface area contributed by atoms with E-state index in [2.05, 4.69) is 10.2 Å². The number of aromatic nitrogens is 2. The minimum atomic E-state index is -0.425. The summed E-state index contributed by atoms with van der Waals surface area (Å²) >= 11 is 1.18. The Hall–Kier alpha value is -2.67. The van der Waals surface area contributed by atoms with Gasteiger partial charge in [0.05, 0.1) is 10.8 Å². The van der Waals surface area contributed by atoms with E-state index in [-0.39, 0.29) is 22.6 Å². The predicted octanol–water partition coefficient (Wildman–Crippen LogP) is 3.95. The minimum Gasteiger partial charge on any atom is -0.411 e. The second kappa shape index (κ2) is 6.92. The van der Waals surface area contributed by atoms with Crippen molar-refractivity contribution in [1.29, 1.82) is 0 Å². The average molecular weight is 369 g/mol. The first-order valence-corrected chi connectivity index (χ1v) is 9.16. The van der Waals surface area contributed by atoms with Gasteiger partial charge in [-0.1, -0.05) is 42.1 Å². The van der Waals surface area contributed by atoms with Gasteiger partial charge >= 0.3 is 0 Å². The molecule has 3 aromatic rings. The largest absolute Gasteiger partial charge is 0.411 e. The molecular formula is C19H16FN3O2S. The number of carbonyl (C=O) groups excluding carboxylic acids is 1. The molecule has 1 atom stereocenters. The Morgan fingerprint density at radius 1 is 1.19 bits per heavy atom. The number of rotatable bonds is 4. The Morgan fingerprint density at radius 2 is 1.96 bits per heavy atom. The van der Waals surface area contributed by atoms with Crippen molar-refractivity contribution in [1.82, 2.24) is 10.2 Å². The van der Waals surface area contributed by atoms with Crippen LogP contribution in [0.25, 0.3) is 11.5 Å². The maximum absolute atomic E-state index is 13.8. The van der Waals surface area contributed by atoms with E-state index in [1.807, 2.05) is 24.3 Å². The Bertz CT molecular complexity index is 959. The molecular weight excluding hydrogens is 353 g/mol. The van der Waals surface area contributed by atoms with Crippen molar-refractivity contribution in [2.75, 3.05) is 11.4 Å². The smallest absolute Gasteiger partial charge is 0.277 e. The van der Waals surface area contributed by atoms with Crippen molar-refractivity contribution < 1.29 is 13.6 Å². The van der Waals surface area contributed by atoms with Gasteiger partial charge in [-0.15, -0.1) is 10.2 Å². The first kappa shape index (κ1) is 16.8. The summed E-state index contributed by atoms with van der Waals surface area (Å²) in [7, 11) is 0. The van der Waals surface area contributed by atoms with Crippen LogP contribution in [0.2, 0.25) is 0 Å². The summed E-state index contributed by atoms with van der Waals surface area (Å²) in [5.74, 6) is -0.326. The number of benzene rings is 2. The summed E-state index contributed by atoms with van der Waals surface area (Å²) in [5.41, 5.74) is 2.39. The third-order valence-corrected chi connectivity index (χ3v) is 5.21. The molecule has 0 fully saturated rings. The van der Waals surface area contributed by atoms with E-state index >= 15 is 0 Å². The number of nitrogens with zero attached hydrogens (tertiary/aromatic N) is 3. The van der Waals surface area contributed by atoms with Gasteiger partial charge in [-0.2, -0.15) is 0 Å². The predicted molar refractivity (Wildman–Crippen MR) is 97.5 cm³/mol. The molecule has 132 valence electrons. The quantitative estimate of drug-likeness (QED) is 0.652. The molecule has 5 nitrogen and oxygen atoms in total. The summed E-state index contributed by atoms with van der Waals surface area (Å²) in [5, 5.41) is 7.68. The van der Waals surface area contributed by atoms with Crippen LogP contribution >= 0.6 is 11.8 Å². The molecule has 0 aliphatic carbocycles. The normalized spacial score (nSPS) is 14.3. The van der Waals surface area contributed by atoms with Crippen LogP contribution in [0.15, 0.2) is 58.2 Å². The maximum Gasteiger partial charge on any atom is 0.277 e. The number of halogens is 1. The molecule has 1 aromatic heterocycles. The molecule has 0 saturated carbocycles. The summed E-state index contributed by atoms with van der Waals surface area (Å²) in [6, 6.07) is 14.1. The number of amides is 1. The molecule has 1 aliphatic heterocycles. The van der Waals surface area contributed by atoms with Crippen LogP contribution in [0.3, 0.4) is 0 Å². The van der Waals surface area contributed by atoms with Crippen molar-refractivity contribution in [3.63, 3.8) is 0 Å². The van der Waals surface area contributed by atoms with E-state index in [1.165, 1.54) is 23.4 Å². The summed E-state index contributed by atoms with van der Waals surface area (Å²) in [6.45, 7) is 2.48. The highest BCUT2D eigenvalue weighted by atomic mass is 32.2. The van der Waals surface area contributed by atoms with Gasteiger partial charge in [0.15, 0.2) is 0 Å². The first-order chi connectivity index (χ1) is 12.6. The number of anilines is 1. The average Bonchev–Trinajstić information content (AvgIpc) is 3.28. The van der Waals surface area contributed by atoms with Gasteiger partial charge in [0.1, 0.15) is 5.82 Å². The lowest BCUT2D eigenvalue weighted by atomic mass is 10.2. The van der Waals surface area contributed by atoms with Gasteiger partial charge in [0.2, 0.25) is 5.91 Å². The van der Waals surface area contributed by atoms with Crippen LogP contribution in [0.5, 0.6) is 0 Å². The standard InChI is InChI=1S/C19H16FN3O2S/c1-12(18(24)23-11-10-13-6-2-5-9-16(13)23)26-19-22-21-17(25-19)14-7-3-4-8-15(14)20/h2-9,12H,10-11H2,1H3/t12-/m0/s1. The Labute approximate surface area is 154 Å². The van der Waals surface area contributed by atoms with Gasteiger partial charge in [-0.25, -0.2) is 4.39 Å². The molecule has 1 aliphatic rings. The molecule has 0 spiro atoms. The fourth-order valence-electron chi connectivity index (χ4n) is 2.99. The van der Waals surface area contributed by atoms with E-state index in [4.69, 9.17) is 4.42 Å². The molecule has 0 unspecified atom stereocenters. The van der Waals surface area contributed by atoms with Crippen LogP contribution in [0.4, 0.5) is 10.1 Å². The van der Waals surface area contributed by atoms with E-state index in [9.17, 15) is 9.18 Å². The zero-order valence-electron chi connectivity index (χ0n) is 14.1. The van der Waals surface area contributed by atoms with Crippen LogP contribution in [-0.4, -0.2) is 27.9 Å². The number of carbonyl (C=O) groups is 1. The molecule has 0 radical (unpaired) electrons. The lowest BCUT2D eigenvalue weighted by Gasteiger charge is -2.20. The highest BCUT2D eigenvalue weighted by Crippen LogP contribution is 2.32. The van der Waals surface area contributed by atoms with Gasteiger partial charge in [0.25, 0.3) is 11.1 Å². The minimum absolute atomic E-state index is 0.00871. The molecule has 26 heavy (non-hydrogen) atoms. The highest BCUT2D eigenvalue weighted by molar-refractivity contribution is 8.00. The third kappa shape index (κ3) is 3.10. The second-order valence-corrected chi connectivity index (χ2v) is 7.27. The highest BCUT2D eigenvalue weighted by Gasteiger charge is 2.29. The van der Waals surface area contributed by atoms with E-state index in [0.717, 1.165) is 12.1 Å². The van der Waals surface area contributed by atoms with Gasteiger partial charge in [0, 0.05) is 12.2 Å². The Kier molecular flexibility index (Phi) is 4.46. The Morgan fingerprint density at radius 3 is 2.81 bits per heavy atom. The molecule has 0 N–H and O–H groups in total. The lowest BCUT2D eigenvalue weighted by Crippen LogP contribution is -2.35. The van der Waals surface area contributed by atoms with Gasteiger partial charge in [-0.3, -0.25) is 4.79 Å². The molecule has 0 bridgehead atoms. The van der Waals surface area contributed by atoms with Gasteiger partial charge < -0.3 is 9.32 Å². The number of para-hydroxylation sites is 1. The molecule has 0 saturated heterocycles. The zero-order chi connectivity index (χ0) is 18.1. The lowest BCUT2D eigenvalue weighted by molar-refractivity contribution is -0.117. The molecule has 4 rings (SSSR count). The molecule has 7 heteroatoms. The first-order valence-electron chi connectivity index (χ1n) is 8.28. The van der Waals surface area contributed by atoms with E-state index in [0.29, 0.717) is 6.54 Å². The van der Waals surface area contributed by atoms with Crippen molar-refractivity contribution in [3.05, 3.63) is 59.9 Å². The molecule has 2 aromatic carbocycles. The number of fused-ring (bicyclic) bond motifs is 1. The fraction of sp³-hybridized carbons (Fsp3) is 0.211. The SMILES string of the molecule is C[C@H](Sc1nnc(-c2ccccc2F)o1)C(=O)N1CCc2ccccc21. The summed E-state index contributed by atoms with van der Waals surface area (Å²) in [6.07, 6.45) is 0.858. The monoisotopic (exact) mass is 369 g/mol. The third-order valence-electron chi connectivity index (χ3n) is 4.29. The zero-order valence-corrected chi connectivity index (χ0v) is 14.9. The van der Waals surface area contributed by atoms with Crippen molar-refractivity contribution in [2.45, 2.75) is 23.8 Å². The van der Waals surface area contributed by atoms with Crippen molar-refractivity contribution in [2.24, 2.45) is 0 Å². The topological polar surface area (TPSA) is 59.2 Å². The second-order valence-electron chi connectivity index (χ2n) is 5.98. The fourth-order valence-corrected chi connectivity index (χ4v) is 3.73. The number of thioether (sulfide) groups is 1. The van der Waals surface area contributed by atoms with Crippen molar-refractivity contribution >= 4 is 23.4 Å². The Balaban J connectivity index is 1.48. The van der Waals surface area contributed by atoms with Crippen LogP contribution in [-0.2, 0) is 11.2 Å². The number of hydrogen-bond donors (Lipinski definition) is 0. The van der Waals surface area contributed by atoms with Crippen LogP contribution < -0.4 is 4.90 Å². The van der Waals surface area contributed by atoms with E-state index < -0.39 is 11.1 Å². The molecule has 2 heterocycles. The van der Waals surface area contributed by atoms with Gasteiger partial charge in [-0.05, 0) is 37.1 Å². The summed E-state index contributed by atoms with van der Waals surface area (Å²) < 4.78 is 19.4. The van der Waals surface area contributed by atoms with E-state index in [1.54, 1.807) is 30.0 Å². The van der Waals surface area contributed by atoms with Crippen molar-refractivity contribution in [3.8, 4) is 11.5 Å². The number of hydrogen-bond acceptors (Lipinski definition) is 5. The molecule has 1 amide bonds. The van der Waals surface area contributed by atoms with Crippen LogP contribution in [0, 0.1) is 5.82 Å². The van der Waals surface area contributed by atoms with Crippen LogP contribution in [0.1, 0.15) is 12.5 Å².